The van der Waals surface area contributed by atoms with Crippen molar-refractivity contribution in [3.63, 3.8) is 0 Å². The molecule has 2 aromatic carbocycles. The summed E-state index contributed by atoms with van der Waals surface area (Å²) in [7, 11) is 2.07. The number of benzene rings is 2. The molecule has 150 valence electrons. The number of aromatic nitrogens is 1. The number of hydrogen-bond acceptors (Lipinski definition) is 3. The van der Waals surface area contributed by atoms with Gasteiger partial charge in [-0.25, -0.2) is 0 Å². The lowest BCUT2D eigenvalue weighted by atomic mass is 10.1. The molecule has 0 radical (unpaired) electrons. The van der Waals surface area contributed by atoms with Crippen LogP contribution in [0.4, 0.5) is 0 Å². The highest BCUT2D eigenvalue weighted by atomic mass is 35.5. The summed E-state index contributed by atoms with van der Waals surface area (Å²) in [5.74, 6) is -0.125. The van der Waals surface area contributed by atoms with Gasteiger partial charge in [0.15, 0.2) is 0 Å². The quantitative estimate of drug-likeness (QED) is 0.694. The monoisotopic (exact) mass is 410 g/mol. The number of fused-ring (bicyclic) bond motifs is 1. The normalized spacial score (nSPS) is 14.9. The Morgan fingerprint density at radius 1 is 1.03 bits per heavy atom. The lowest BCUT2D eigenvalue weighted by molar-refractivity contribution is 0.0664. The van der Waals surface area contributed by atoms with Crippen molar-refractivity contribution in [3.05, 3.63) is 70.4 Å². The molecule has 4 rings (SSSR count). The second-order valence-corrected chi connectivity index (χ2v) is 7.83. The number of nitrogens with one attached hydrogen (secondary N) is 2. The van der Waals surface area contributed by atoms with Gasteiger partial charge < -0.3 is 20.1 Å². The molecule has 2 amide bonds. The highest BCUT2D eigenvalue weighted by Gasteiger charge is 2.20. The first kappa shape index (κ1) is 19.5. The Labute approximate surface area is 174 Å². The first-order chi connectivity index (χ1) is 14.0. The van der Waals surface area contributed by atoms with Crippen LogP contribution in [0.25, 0.3) is 10.9 Å². The average molecular weight is 411 g/mol. The van der Waals surface area contributed by atoms with Gasteiger partial charge in [-0.2, -0.15) is 0 Å². The number of H-pyrrole nitrogens is 1. The van der Waals surface area contributed by atoms with Gasteiger partial charge in [0.25, 0.3) is 11.8 Å². The van der Waals surface area contributed by atoms with Gasteiger partial charge in [-0.1, -0.05) is 23.7 Å². The van der Waals surface area contributed by atoms with Crippen LogP contribution in [-0.2, 0) is 6.54 Å². The van der Waals surface area contributed by atoms with Crippen molar-refractivity contribution in [1.82, 2.24) is 20.1 Å². The Kier molecular flexibility index (Phi) is 5.56. The standard InChI is InChI=1S/C22H23ClN4O2/c1-26-8-10-27(11-9-26)22(29)16-4-2-15(3-5-16)14-24-21(28)20-13-17-12-18(23)6-7-19(17)25-20/h2-7,12-13,25H,8-11,14H2,1H3,(H,24,28). The summed E-state index contributed by atoms with van der Waals surface area (Å²) in [5.41, 5.74) is 2.97. The summed E-state index contributed by atoms with van der Waals surface area (Å²) >= 11 is 6.00. The van der Waals surface area contributed by atoms with E-state index in [1.165, 1.54) is 0 Å². The molecule has 0 unspecified atom stereocenters. The van der Waals surface area contributed by atoms with Crippen molar-refractivity contribution in [3.8, 4) is 0 Å². The van der Waals surface area contributed by atoms with Gasteiger partial charge in [0.05, 0.1) is 0 Å². The van der Waals surface area contributed by atoms with Crippen LogP contribution in [0.2, 0.25) is 5.02 Å². The third kappa shape index (κ3) is 4.44. The van der Waals surface area contributed by atoms with E-state index in [-0.39, 0.29) is 11.8 Å². The van der Waals surface area contributed by atoms with E-state index in [1.807, 2.05) is 41.3 Å². The first-order valence-electron chi connectivity index (χ1n) is 9.63. The fourth-order valence-electron chi connectivity index (χ4n) is 3.46. The molecule has 0 spiro atoms. The molecule has 0 aliphatic carbocycles. The summed E-state index contributed by atoms with van der Waals surface area (Å²) in [6, 6.07) is 14.7. The zero-order valence-electron chi connectivity index (χ0n) is 16.2. The molecule has 2 heterocycles. The molecular weight excluding hydrogens is 388 g/mol. The van der Waals surface area contributed by atoms with Crippen LogP contribution >= 0.6 is 11.6 Å². The average Bonchev–Trinajstić information content (AvgIpc) is 3.16. The Balaban J connectivity index is 1.36. The number of hydrogen-bond donors (Lipinski definition) is 2. The molecule has 7 heteroatoms. The molecule has 29 heavy (non-hydrogen) atoms. The Morgan fingerprint density at radius 3 is 2.48 bits per heavy atom. The maximum atomic E-state index is 12.6. The third-order valence-corrected chi connectivity index (χ3v) is 5.51. The van der Waals surface area contributed by atoms with Crippen LogP contribution in [0, 0.1) is 0 Å². The maximum absolute atomic E-state index is 12.6. The summed E-state index contributed by atoms with van der Waals surface area (Å²) in [4.78, 5) is 32.2. The van der Waals surface area contributed by atoms with E-state index in [9.17, 15) is 9.59 Å². The number of carbonyl (C=O) groups is 2. The summed E-state index contributed by atoms with van der Waals surface area (Å²) in [6.45, 7) is 3.69. The van der Waals surface area contributed by atoms with Gasteiger partial charge in [0, 0.05) is 54.2 Å². The molecule has 1 aliphatic rings. The molecule has 3 aromatic rings. The summed E-state index contributed by atoms with van der Waals surface area (Å²) < 4.78 is 0. The maximum Gasteiger partial charge on any atom is 0.267 e. The molecule has 1 aliphatic heterocycles. The van der Waals surface area contributed by atoms with Gasteiger partial charge in [0.1, 0.15) is 5.69 Å². The molecule has 6 nitrogen and oxygen atoms in total. The number of nitrogens with zero attached hydrogens (tertiary/aromatic N) is 2. The molecule has 1 fully saturated rings. The largest absolute Gasteiger partial charge is 0.351 e. The zero-order valence-corrected chi connectivity index (χ0v) is 17.0. The summed E-state index contributed by atoms with van der Waals surface area (Å²) in [5, 5.41) is 4.44. The highest BCUT2D eigenvalue weighted by molar-refractivity contribution is 6.31. The van der Waals surface area contributed by atoms with Crippen molar-refractivity contribution >= 4 is 34.3 Å². The fraction of sp³-hybridized carbons (Fsp3) is 0.273. The minimum absolute atomic E-state index is 0.0606. The van der Waals surface area contributed by atoms with Crippen molar-refractivity contribution < 1.29 is 9.59 Å². The van der Waals surface area contributed by atoms with Gasteiger partial charge in [-0.3, -0.25) is 9.59 Å². The Bertz CT molecular complexity index is 1040. The predicted molar refractivity (Wildman–Crippen MR) is 114 cm³/mol. The van der Waals surface area contributed by atoms with Crippen LogP contribution in [-0.4, -0.2) is 59.8 Å². The van der Waals surface area contributed by atoms with E-state index in [2.05, 4.69) is 22.2 Å². The number of carbonyl (C=O) groups excluding carboxylic acids is 2. The molecule has 0 saturated carbocycles. The smallest absolute Gasteiger partial charge is 0.267 e. The van der Waals surface area contributed by atoms with Crippen molar-refractivity contribution in [2.24, 2.45) is 0 Å². The Morgan fingerprint density at radius 2 is 1.76 bits per heavy atom. The highest BCUT2D eigenvalue weighted by Crippen LogP contribution is 2.20. The predicted octanol–water partition coefficient (Wildman–Crippen LogP) is 3.14. The van der Waals surface area contributed by atoms with E-state index < -0.39 is 0 Å². The van der Waals surface area contributed by atoms with Crippen molar-refractivity contribution in [2.75, 3.05) is 33.2 Å². The zero-order chi connectivity index (χ0) is 20.4. The first-order valence-corrected chi connectivity index (χ1v) is 10.0. The van der Waals surface area contributed by atoms with Crippen LogP contribution in [0.1, 0.15) is 26.4 Å². The number of amides is 2. The minimum atomic E-state index is -0.185. The Hall–Kier alpha value is -2.83. The van der Waals surface area contributed by atoms with E-state index in [1.54, 1.807) is 12.1 Å². The number of likely N-dealkylation sites (N-methyl/N-ethyl adjacent to an activating group) is 1. The van der Waals surface area contributed by atoms with E-state index in [0.717, 1.165) is 42.6 Å². The van der Waals surface area contributed by atoms with Crippen LogP contribution in [0.3, 0.4) is 0 Å². The van der Waals surface area contributed by atoms with E-state index in [4.69, 9.17) is 11.6 Å². The van der Waals surface area contributed by atoms with Gasteiger partial charge in [0.2, 0.25) is 0 Å². The fourth-order valence-corrected chi connectivity index (χ4v) is 3.64. The van der Waals surface area contributed by atoms with E-state index in [0.29, 0.717) is 22.8 Å². The second kappa shape index (κ2) is 8.27. The molecule has 0 atom stereocenters. The van der Waals surface area contributed by atoms with Crippen molar-refractivity contribution in [2.45, 2.75) is 6.54 Å². The number of aromatic amines is 1. The van der Waals surface area contributed by atoms with Gasteiger partial charge in [-0.15, -0.1) is 0 Å². The van der Waals surface area contributed by atoms with Gasteiger partial charge >= 0.3 is 0 Å². The third-order valence-electron chi connectivity index (χ3n) is 5.27. The van der Waals surface area contributed by atoms with Gasteiger partial charge in [-0.05, 0) is 49.0 Å². The molecular formula is C22H23ClN4O2. The molecule has 2 N–H and O–H groups in total. The van der Waals surface area contributed by atoms with Crippen molar-refractivity contribution in [1.29, 1.82) is 0 Å². The van der Waals surface area contributed by atoms with Crippen LogP contribution in [0.5, 0.6) is 0 Å². The number of rotatable bonds is 4. The number of halogens is 1. The van der Waals surface area contributed by atoms with E-state index >= 15 is 0 Å². The lowest BCUT2D eigenvalue weighted by Gasteiger charge is -2.32. The minimum Gasteiger partial charge on any atom is -0.351 e. The lowest BCUT2D eigenvalue weighted by Crippen LogP contribution is -2.47. The SMILES string of the molecule is CN1CCN(C(=O)c2ccc(CNC(=O)c3cc4cc(Cl)ccc4[nH]3)cc2)CC1. The molecule has 1 aromatic heterocycles. The molecule has 0 bridgehead atoms. The van der Waals surface area contributed by atoms with Crippen LogP contribution < -0.4 is 5.32 Å². The second-order valence-electron chi connectivity index (χ2n) is 7.39. The topological polar surface area (TPSA) is 68.4 Å². The summed E-state index contributed by atoms with van der Waals surface area (Å²) in [6.07, 6.45) is 0. The van der Waals surface area contributed by atoms with Crippen LogP contribution in [0.15, 0.2) is 48.5 Å². The molecule has 1 saturated heterocycles. The number of piperazine rings is 1.